The molecule has 42 heavy (non-hydrogen) atoms. The highest BCUT2D eigenvalue weighted by molar-refractivity contribution is 5.65. The lowest BCUT2D eigenvalue weighted by Crippen LogP contribution is -2.48. The summed E-state index contributed by atoms with van der Waals surface area (Å²) in [5.74, 6) is 2.85. The van der Waals surface area contributed by atoms with Crippen LogP contribution in [0.2, 0.25) is 0 Å². The van der Waals surface area contributed by atoms with Crippen LogP contribution in [-0.4, -0.2) is 21.1 Å². The quantitative estimate of drug-likeness (QED) is 0.188. The van der Waals surface area contributed by atoms with Crippen molar-refractivity contribution in [3.05, 3.63) is 61.3 Å². The number of benzene rings is 1. The molecule has 3 N–H and O–H groups in total. The van der Waals surface area contributed by atoms with Gasteiger partial charge in [0, 0.05) is 6.07 Å². The van der Waals surface area contributed by atoms with Crippen LogP contribution in [0.4, 0.5) is 17.1 Å². The van der Waals surface area contributed by atoms with E-state index in [1.807, 2.05) is 0 Å². The van der Waals surface area contributed by atoms with Crippen LogP contribution in [0.15, 0.2) is 41.1 Å². The van der Waals surface area contributed by atoms with Gasteiger partial charge >= 0.3 is 5.69 Å². The first-order valence-electron chi connectivity index (χ1n) is 15.9. The zero-order chi connectivity index (χ0) is 30.4. The molecule has 4 aliphatic rings. The molecule has 0 bridgehead atoms. The molecule has 3 saturated carbocycles. The molecule has 1 aromatic rings. The molecule has 1 aromatic carbocycles. The lowest BCUT2D eigenvalue weighted by Gasteiger charge is -2.56. The Bertz CT molecular complexity index is 1290. The van der Waals surface area contributed by atoms with E-state index in [1.165, 1.54) is 55.4 Å². The summed E-state index contributed by atoms with van der Waals surface area (Å²) >= 11 is 0. The number of allylic oxidation sites excluding steroid dienone is 2. The maximum Gasteiger partial charge on any atom is 0.300 e. The van der Waals surface area contributed by atoms with Crippen LogP contribution < -0.4 is 10.9 Å². The van der Waals surface area contributed by atoms with Crippen molar-refractivity contribution in [3.63, 3.8) is 0 Å². The number of aliphatic hydroxyl groups excluding tert-OH is 1. The molecule has 0 aliphatic heterocycles. The summed E-state index contributed by atoms with van der Waals surface area (Å²) in [5, 5.41) is 33.6. The third-order valence-corrected chi connectivity index (χ3v) is 11.6. The van der Waals surface area contributed by atoms with Crippen molar-refractivity contribution >= 4 is 17.1 Å². The second-order valence-corrected chi connectivity index (χ2v) is 14.5. The maximum atomic E-state index is 11.8. The van der Waals surface area contributed by atoms with E-state index < -0.39 is 9.85 Å². The van der Waals surface area contributed by atoms with E-state index in [9.17, 15) is 25.3 Å². The second-order valence-electron chi connectivity index (χ2n) is 14.5. The number of nitro benzene ring substituents is 2. The van der Waals surface area contributed by atoms with E-state index in [1.54, 1.807) is 0 Å². The van der Waals surface area contributed by atoms with Crippen molar-refractivity contribution in [2.24, 2.45) is 40.4 Å². The van der Waals surface area contributed by atoms with Gasteiger partial charge in [-0.25, -0.2) is 0 Å². The summed E-state index contributed by atoms with van der Waals surface area (Å²) in [5.41, 5.74) is 9.80. The van der Waals surface area contributed by atoms with Gasteiger partial charge in [-0.3, -0.25) is 25.7 Å². The Morgan fingerprint density at radius 3 is 2.43 bits per heavy atom. The number of aliphatic hydroxyl groups is 1. The average Bonchev–Trinajstić information content (AvgIpc) is 3.29. The van der Waals surface area contributed by atoms with Gasteiger partial charge in [0.25, 0.3) is 5.69 Å². The van der Waals surface area contributed by atoms with Crippen molar-refractivity contribution in [2.45, 2.75) is 105 Å². The number of hydrogen-bond acceptors (Lipinski definition) is 7. The Morgan fingerprint density at radius 1 is 0.976 bits per heavy atom. The van der Waals surface area contributed by atoms with E-state index in [-0.39, 0.29) is 34.0 Å². The molecular formula is C33H48N4O5. The van der Waals surface area contributed by atoms with E-state index in [4.69, 9.17) is 0 Å². The van der Waals surface area contributed by atoms with Crippen LogP contribution in [0.25, 0.3) is 0 Å². The number of hydrazine groups is 1. The van der Waals surface area contributed by atoms with E-state index in [0.29, 0.717) is 30.1 Å². The van der Waals surface area contributed by atoms with Gasteiger partial charge in [-0.1, -0.05) is 59.5 Å². The van der Waals surface area contributed by atoms with Crippen LogP contribution in [0.1, 0.15) is 98.8 Å². The van der Waals surface area contributed by atoms with Crippen molar-refractivity contribution in [1.82, 2.24) is 5.43 Å². The molecule has 0 aromatic heterocycles. The van der Waals surface area contributed by atoms with Crippen molar-refractivity contribution < 1.29 is 15.0 Å². The van der Waals surface area contributed by atoms with Gasteiger partial charge < -0.3 is 10.5 Å². The monoisotopic (exact) mass is 580 g/mol. The number of nitrogens with zero attached hydrogens (tertiary/aromatic N) is 2. The normalized spacial score (nSPS) is 32.9. The van der Waals surface area contributed by atoms with Gasteiger partial charge in [0.15, 0.2) is 0 Å². The Balaban J connectivity index is 1.49. The standard InChI is InChI=1S/C33H48N4O5/c1-20(2)7-6-8-21(3)25-10-11-26-31-27(14-16-33(25,26)5)32(4)15-13-24(38)17-22(32)18-29(31)35-34-28-12-9-23(36(39)40)19-30(28)37(41)42/h9,12,18-21,24-27,34-35,38H,6-8,10-11,13-17H2,1-5H3/t21-,24+,25-,26?,27?,32+,33-/m1/s1. The molecule has 7 atom stereocenters. The third-order valence-electron chi connectivity index (χ3n) is 11.6. The minimum absolute atomic E-state index is 0.00138. The number of hydrogen-bond donors (Lipinski definition) is 3. The molecule has 0 heterocycles. The summed E-state index contributed by atoms with van der Waals surface area (Å²) in [4.78, 5) is 21.8. The van der Waals surface area contributed by atoms with Crippen LogP contribution in [0, 0.1) is 60.6 Å². The smallest absolute Gasteiger partial charge is 0.300 e. The molecule has 0 saturated heterocycles. The van der Waals surface area contributed by atoms with Crippen molar-refractivity contribution in [1.29, 1.82) is 0 Å². The number of rotatable bonds is 10. The molecule has 9 nitrogen and oxygen atoms in total. The van der Waals surface area contributed by atoms with Crippen LogP contribution in [0.5, 0.6) is 0 Å². The summed E-state index contributed by atoms with van der Waals surface area (Å²) < 4.78 is 0. The number of non-ortho nitro benzene ring substituents is 1. The first kappa shape index (κ1) is 30.5. The van der Waals surface area contributed by atoms with E-state index in [2.05, 4.69) is 51.5 Å². The van der Waals surface area contributed by atoms with E-state index in [0.717, 1.165) is 43.4 Å². The Kier molecular flexibility index (Phi) is 8.45. The Morgan fingerprint density at radius 2 is 1.74 bits per heavy atom. The predicted molar refractivity (Wildman–Crippen MR) is 164 cm³/mol. The first-order valence-corrected chi connectivity index (χ1v) is 15.9. The van der Waals surface area contributed by atoms with Gasteiger partial charge in [-0.15, -0.1) is 0 Å². The molecule has 0 radical (unpaired) electrons. The Labute approximate surface area is 249 Å². The minimum atomic E-state index is -0.622. The highest BCUT2D eigenvalue weighted by Crippen LogP contribution is 2.66. The minimum Gasteiger partial charge on any atom is -0.393 e. The van der Waals surface area contributed by atoms with Gasteiger partial charge in [-0.2, -0.15) is 0 Å². The molecule has 5 rings (SSSR count). The fourth-order valence-corrected chi connectivity index (χ4v) is 9.24. The largest absolute Gasteiger partial charge is 0.393 e. The second kappa shape index (κ2) is 11.6. The lowest BCUT2D eigenvalue weighted by atomic mass is 9.49. The van der Waals surface area contributed by atoms with E-state index >= 15 is 0 Å². The molecule has 0 spiro atoms. The fourth-order valence-electron chi connectivity index (χ4n) is 9.24. The zero-order valence-corrected chi connectivity index (χ0v) is 25.8. The van der Waals surface area contributed by atoms with Crippen molar-refractivity contribution in [2.75, 3.05) is 5.43 Å². The van der Waals surface area contributed by atoms with Gasteiger partial charge in [0.1, 0.15) is 5.69 Å². The molecule has 2 unspecified atom stereocenters. The number of nitrogens with one attached hydrogen (secondary N) is 2. The first-order chi connectivity index (χ1) is 19.8. The third kappa shape index (κ3) is 5.45. The van der Waals surface area contributed by atoms with Crippen LogP contribution >= 0.6 is 0 Å². The van der Waals surface area contributed by atoms with Crippen LogP contribution in [0.3, 0.4) is 0 Å². The molecular weight excluding hydrogens is 532 g/mol. The highest BCUT2D eigenvalue weighted by atomic mass is 16.6. The number of anilines is 1. The highest BCUT2D eigenvalue weighted by Gasteiger charge is 2.58. The fraction of sp³-hybridized carbons (Fsp3) is 0.697. The predicted octanol–water partition coefficient (Wildman–Crippen LogP) is 8.07. The van der Waals surface area contributed by atoms with Gasteiger partial charge in [-0.05, 0) is 103 Å². The molecule has 9 heteroatoms. The zero-order valence-electron chi connectivity index (χ0n) is 25.8. The molecule has 230 valence electrons. The summed E-state index contributed by atoms with van der Waals surface area (Å²) in [7, 11) is 0. The molecule has 0 amide bonds. The van der Waals surface area contributed by atoms with Crippen molar-refractivity contribution in [3.8, 4) is 0 Å². The number of fused-ring (bicyclic) bond motifs is 5. The van der Waals surface area contributed by atoms with Gasteiger partial charge in [0.2, 0.25) is 0 Å². The van der Waals surface area contributed by atoms with Gasteiger partial charge in [0.05, 0.1) is 27.7 Å². The maximum absolute atomic E-state index is 11.8. The molecule has 4 aliphatic carbocycles. The summed E-state index contributed by atoms with van der Waals surface area (Å²) in [6.07, 6.45) is 12.7. The molecule has 3 fully saturated rings. The topological polar surface area (TPSA) is 131 Å². The Hall–Kier alpha value is -2.94. The summed E-state index contributed by atoms with van der Waals surface area (Å²) in [6.45, 7) is 11.9. The SMILES string of the molecule is CC(C)CCC[C@@H](C)[C@H]1CCC2C3=C(NNc4ccc([N+](=O)[O-])cc4[N+](=O)[O-])C=C4C[C@@H](O)CC[C@]4(C)C3CC[C@@]21C. The van der Waals surface area contributed by atoms with Crippen LogP contribution in [-0.2, 0) is 0 Å². The lowest BCUT2D eigenvalue weighted by molar-refractivity contribution is -0.393. The average molecular weight is 581 g/mol. The summed E-state index contributed by atoms with van der Waals surface area (Å²) in [6, 6.07) is 3.68. The number of nitro groups is 2.